The highest BCUT2D eigenvalue weighted by atomic mass is 79.9. The summed E-state index contributed by atoms with van der Waals surface area (Å²) in [5.74, 6) is -5.47. The number of nitrogens with zero attached hydrogens (tertiary/aromatic N) is 4. The normalized spacial score (nSPS) is 12.1. The summed E-state index contributed by atoms with van der Waals surface area (Å²) in [7, 11) is 0. The van der Waals surface area contributed by atoms with Crippen molar-refractivity contribution in [3.05, 3.63) is 64.9 Å². The SMILES string of the molecule is CC(=O)C(F)(F)c1cc(-c2ccc(Br)cc2-n2nncc2-c2ccc(OC(F)(F)F)cc2)n[nH]1. The van der Waals surface area contributed by atoms with E-state index in [1.807, 2.05) is 0 Å². The summed E-state index contributed by atoms with van der Waals surface area (Å²) in [5, 5.41) is 14.1. The van der Waals surface area contributed by atoms with Crippen LogP contribution in [-0.2, 0) is 10.7 Å². The zero-order valence-corrected chi connectivity index (χ0v) is 18.7. The third-order valence-corrected chi connectivity index (χ3v) is 5.25. The average Bonchev–Trinajstić information content (AvgIpc) is 3.43. The number of carbonyl (C=O) groups excluding carboxylic acids is 1. The van der Waals surface area contributed by atoms with Gasteiger partial charge in [-0.1, -0.05) is 21.1 Å². The summed E-state index contributed by atoms with van der Waals surface area (Å²) < 4.78 is 71.5. The number of H-pyrrole nitrogens is 1. The van der Waals surface area contributed by atoms with Crippen molar-refractivity contribution in [1.82, 2.24) is 25.2 Å². The molecule has 4 rings (SSSR count). The molecule has 0 atom stereocenters. The third-order valence-electron chi connectivity index (χ3n) is 4.76. The molecule has 7 nitrogen and oxygen atoms in total. The summed E-state index contributed by atoms with van der Waals surface area (Å²) in [4.78, 5) is 11.3. The van der Waals surface area contributed by atoms with E-state index >= 15 is 0 Å². The first-order chi connectivity index (χ1) is 16.0. The van der Waals surface area contributed by atoms with Crippen LogP contribution in [0.2, 0.25) is 0 Å². The quantitative estimate of drug-likeness (QED) is 0.318. The molecule has 2 aromatic heterocycles. The van der Waals surface area contributed by atoms with Gasteiger partial charge in [0.05, 0.1) is 23.3 Å². The summed E-state index contributed by atoms with van der Waals surface area (Å²) in [5.41, 5.74) is 1.10. The number of Topliss-reactive ketones (excluding diaryl/α,β-unsaturated/α-hetero) is 1. The maximum Gasteiger partial charge on any atom is 0.573 e. The zero-order valence-electron chi connectivity index (χ0n) is 17.1. The molecule has 0 aliphatic rings. The number of hydrogen-bond acceptors (Lipinski definition) is 5. The van der Waals surface area contributed by atoms with Gasteiger partial charge < -0.3 is 4.74 Å². The van der Waals surface area contributed by atoms with Gasteiger partial charge in [-0.05, 0) is 48.5 Å². The zero-order chi connectivity index (χ0) is 24.7. The number of nitrogens with one attached hydrogen (secondary N) is 1. The van der Waals surface area contributed by atoms with Crippen molar-refractivity contribution in [3.63, 3.8) is 0 Å². The van der Waals surface area contributed by atoms with Crippen molar-refractivity contribution >= 4 is 21.7 Å². The van der Waals surface area contributed by atoms with Gasteiger partial charge in [0.25, 0.3) is 0 Å². The van der Waals surface area contributed by atoms with E-state index < -0.39 is 29.5 Å². The second-order valence-electron chi connectivity index (χ2n) is 7.06. The maximum absolute atomic E-state index is 14.1. The van der Waals surface area contributed by atoms with Gasteiger partial charge in [-0.15, -0.1) is 18.3 Å². The molecule has 0 bridgehead atoms. The van der Waals surface area contributed by atoms with Gasteiger partial charge in [0.15, 0.2) is 0 Å². The van der Waals surface area contributed by atoms with Gasteiger partial charge in [-0.25, -0.2) is 4.68 Å². The number of aromatic nitrogens is 5. The Balaban J connectivity index is 1.76. The van der Waals surface area contributed by atoms with Crippen LogP contribution >= 0.6 is 15.9 Å². The molecule has 1 N–H and O–H groups in total. The van der Waals surface area contributed by atoms with Crippen LogP contribution in [0, 0.1) is 0 Å². The Hall–Kier alpha value is -3.61. The van der Waals surface area contributed by atoms with Gasteiger partial charge in [0.1, 0.15) is 11.4 Å². The lowest BCUT2D eigenvalue weighted by molar-refractivity contribution is -0.274. The van der Waals surface area contributed by atoms with Crippen LogP contribution in [0.25, 0.3) is 28.2 Å². The van der Waals surface area contributed by atoms with E-state index in [1.165, 1.54) is 23.0 Å². The molecular formula is C21H13BrF5N5O2. The minimum absolute atomic E-state index is 0.119. The largest absolute Gasteiger partial charge is 0.573 e. The number of benzene rings is 2. The standard InChI is InChI=1S/C21H13BrF5N5O2/c1-11(33)20(23,24)19-9-16(29-30-19)15-7-4-13(22)8-17(15)32-18(10-28-31-32)12-2-5-14(6-3-12)34-21(25,26)27/h2-10H,1H3,(H,29,30). The summed E-state index contributed by atoms with van der Waals surface area (Å²) in [6.45, 7) is 0.776. The highest BCUT2D eigenvalue weighted by Crippen LogP contribution is 2.35. The van der Waals surface area contributed by atoms with Gasteiger partial charge in [-0.2, -0.15) is 13.9 Å². The number of hydrogen-bond donors (Lipinski definition) is 1. The fraction of sp³-hybridized carbons (Fsp3) is 0.143. The first-order valence-electron chi connectivity index (χ1n) is 9.47. The fourth-order valence-corrected chi connectivity index (χ4v) is 3.49. The van der Waals surface area contributed by atoms with Crippen LogP contribution in [-0.4, -0.2) is 37.3 Å². The molecule has 0 amide bonds. The molecule has 0 saturated heterocycles. The van der Waals surface area contributed by atoms with Crippen LogP contribution in [0.4, 0.5) is 22.0 Å². The van der Waals surface area contributed by atoms with Gasteiger partial charge in [0.2, 0.25) is 5.78 Å². The predicted octanol–water partition coefficient (Wildman–Crippen LogP) is 5.67. The third kappa shape index (κ3) is 4.69. The van der Waals surface area contributed by atoms with E-state index in [1.54, 1.807) is 18.2 Å². The minimum Gasteiger partial charge on any atom is -0.406 e. The van der Waals surface area contributed by atoms with Gasteiger partial charge in [-0.3, -0.25) is 9.89 Å². The molecule has 0 fully saturated rings. The van der Waals surface area contributed by atoms with Crippen LogP contribution in [0.15, 0.2) is 59.2 Å². The predicted molar refractivity (Wildman–Crippen MR) is 113 cm³/mol. The van der Waals surface area contributed by atoms with Crippen molar-refractivity contribution < 1.29 is 31.5 Å². The van der Waals surface area contributed by atoms with Crippen molar-refractivity contribution in [3.8, 4) is 34.0 Å². The smallest absolute Gasteiger partial charge is 0.406 e. The molecule has 0 aliphatic heterocycles. The Labute approximate surface area is 196 Å². The van der Waals surface area contributed by atoms with E-state index in [0.29, 0.717) is 27.0 Å². The monoisotopic (exact) mass is 541 g/mol. The maximum atomic E-state index is 14.1. The molecule has 0 aliphatic carbocycles. The van der Waals surface area contributed by atoms with E-state index in [9.17, 15) is 26.7 Å². The fourth-order valence-electron chi connectivity index (χ4n) is 3.14. The van der Waals surface area contributed by atoms with E-state index in [0.717, 1.165) is 25.1 Å². The van der Waals surface area contributed by atoms with Crippen LogP contribution < -0.4 is 4.74 Å². The number of ketones is 1. The second-order valence-corrected chi connectivity index (χ2v) is 7.98. The summed E-state index contributed by atoms with van der Waals surface area (Å²) >= 11 is 3.35. The first-order valence-corrected chi connectivity index (χ1v) is 10.3. The number of aromatic amines is 1. The van der Waals surface area contributed by atoms with Gasteiger partial charge >= 0.3 is 12.3 Å². The van der Waals surface area contributed by atoms with Gasteiger partial charge in [0, 0.05) is 22.5 Å². The number of rotatable bonds is 6. The Bertz CT molecular complexity index is 1350. The lowest BCUT2D eigenvalue weighted by atomic mass is 10.1. The summed E-state index contributed by atoms with van der Waals surface area (Å²) in [6, 6.07) is 11.1. The Kier molecular flexibility index (Phi) is 5.98. The topological polar surface area (TPSA) is 85.7 Å². The van der Waals surface area contributed by atoms with E-state index in [-0.39, 0.29) is 5.69 Å². The Morgan fingerprint density at radius 2 is 1.76 bits per heavy atom. The molecule has 2 heterocycles. The molecule has 0 spiro atoms. The highest BCUT2D eigenvalue weighted by molar-refractivity contribution is 9.10. The van der Waals surface area contributed by atoms with Crippen LogP contribution in [0.5, 0.6) is 5.75 Å². The Morgan fingerprint density at radius 1 is 1.06 bits per heavy atom. The minimum atomic E-state index is -4.82. The average molecular weight is 542 g/mol. The molecule has 4 aromatic rings. The van der Waals surface area contributed by atoms with E-state index in [2.05, 4.69) is 41.2 Å². The molecular weight excluding hydrogens is 529 g/mol. The molecule has 13 heteroatoms. The first kappa shape index (κ1) is 23.5. The summed E-state index contributed by atoms with van der Waals surface area (Å²) in [6.07, 6.45) is -3.43. The molecule has 0 saturated carbocycles. The molecule has 0 radical (unpaired) electrons. The lowest BCUT2D eigenvalue weighted by Crippen LogP contribution is -2.23. The lowest BCUT2D eigenvalue weighted by Gasteiger charge is -2.12. The molecule has 34 heavy (non-hydrogen) atoms. The highest BCUT2D eigenvalue weighted by Gasteiger charge is 2.39. The number of alkyl halides is 5. The Morgan fingerprint density at radius 3 is 2.41 bits per heavy atom. The van der Waals surface area contributed by atoms with Crippen molar-refractivity contribution in [2.24, 2.45) is 0 Å². The second kappa shape index (κ2) is 8.63. The number of ether oxygens (including phenoxy) is 1. The molecule has 0 unspecified atom stereocenters. The van der Waals surface area contributed by atoms with E-state index in [4.69, 9.17) is 0 Å². The van der Waals surface area contributed by atoms with Crippen molar-refractivity contribution in [1.29, 1.82) is 0 Å². The number of carbonyl (C=O) groups is 1. The molecule has 2 aromatic carbocycles. The van der Waals surface area contributed by atoms with Crippen molar-refractivity contribution in [2.75, 3.05) is 0 Å². The number of halogens is 6. The van der Waals surface area contributed by atoms with Crippen LogP contribution in [0.3, 0.4) is 0 Å². The molecule has 176 valence electrons. The van der Waals surface area contributed by atoms with Crippen LogP contribution in [0.1, 0.15) is 12.6 Å². The van der Waals surface area contributed by atoms with Crippen molar-refractivity contribution in [2.45, 2.75) is 19.2 Å².